The molecule has 6 nitrogen and oxygen atoms in total. The van der Waals surface area contributed by atoms with Gasteiger partial charge in [0.1, 0.15) is 12.4 Å². The normalized spacial score (nSPS) is 23.6. The largest absolute Gasteiger partial charge is 0.394 e. The number of carbonyl (C=O) groups is 2. The molecule has 0 radical (unpaired) electrons. The summed E-state index contributed by atoms with van der Waals surface area (Å²) in [7, 11) is 1.49. The molecule has 168 valence electrons. The van der Waals surface area contributed by atoms with E-state index in [2.05, 4.69) is 0 Å². The molecule has 0 bridgehead atoms. The van der Waals surface area contributed by atoms with Crippen molar-refractivity contribution in [1.82, 2.24) is 9.80 Å². The molecule has 32 heavy (non-hydrogen) atoms. The Hall–Kier alpha value is -2.77. The van der Waals surface area contributed by atoms with Crippen LogP contribution in [0.25, 0.3) is 11.1 Å². The number of likely N-dealkylation sites (tertiary alicyclic amines) is 2. The molecule has 0 aromatic heterocycles. The van der Waals surface area contributed by atoms with Crippen LogP contribution < -0.4 is 0 Å². The van der Waals surface area contributed by atoms with E-state index in [1.165, 1.54) is 19.2 Å². The second-order valence-corrected chi connectivity index (χ2v) is 9.13. The average Bonchev–Trinajstić information content (AvgIpc) is 3.58. The first kappa shape index (κ1) is 21.1. The summed E-state index contributed by atoms with van der Waals surface area (Å²) in [6, 6.07) is 14.0. The van der Waals surface area contributed by atoms with Crippen LogP contribution >= 0.6 is 0 Å². The molecule has 5 rings (SSSR count). The fourth-order valence-corrected chi connectivity index (χ4v) is 5.44. The van der Waals surface area contributed by atoms with Crippen LogP contribution in [0.5, 0.6) is 0 Å². The van der Waals surface area contributed by atoms with Crippen molar-refractivity contribution in [1.29, 1.82) is 0 Å². The quantitative estimate of drug-likeness (QED) is 0.752. The van der Waals surface area contributed by atoms with Crippen LogP contribution in [0.2, 0.25) is 0 Å². The first-order valence-electron chi connectivity index (χ1n) is 11.0. The van der Waals surface area contributed by atoms with Crippen LogP contribution in [0.1, 0.15) is 24.3 Å². The van der Waals surface area contributed by atoms with E-state index in [4.69, 9.17) is 4.74 Å². The molecular weight excluding hydrogens is 411 g/mol. The van der Waals surface area contributed by atoms with E-state index < -0.39 is 5.54 Å². The molecule has 7 heteroatoms. The Labute approximate surface area is 186 Å². The van der Waals surface area contributed by atoms with Gasteiger partial charge in [0.25, 0.3) is 0 Å². The van der Waals surface area contributed by atoms with Gasteiger partial charge in [-0.3, -0.25) is 9.59 Å². The van der Waals surface area contributed by atoms with Gasteiger partial charge >= 0.3 is 0 Å². The predicted octanol–water partition coefficient (Wildman–Crippen LogP) is 2.42. The number of aliphatic hydroxyl groups is 1. The van der Waals surface area contributed by atoms with Crippen molar-refractivity contribution in [3.63, 3.8) is 0 Å². The van der Waals surface area contributed by atoms with Gasteiger partial charge < -0.3 is 19.6 Å². The lowest BCUT2D eigenvalue weighted by atomic mass is 9.60. The molecule has 1 spiro atoms. The van der Waals surface area contributed by atoms with Crippen molar-refractivity contribution in [2.45, 2.75) is 30.3 Å². The van der Waals surface area contributed by atoms with Crippen molar-refractivity contribution in [3.8, 4) is 11.1 Å². The average molecular weight is 438 g/mol. The standard InChI is InChI=1S/C25H27FN2O4/c1-32-13-22(30)27-14-25(15-27)23(21(12-29)28(25)24(31)18-9-10-18)17-7-5-16(6-8-17)19-3-2-4-20(26)11-19/h2-8,11,18,21,23,29H,9-10,12-15H2,1H3/t21-,23-/m1/s1. The van der Waals surface area contributed by atoms with Crippen molar-refractivity contribution in [3.05, 3.63) is 59.9 Å². The smallest absolute Gasteiger partial charge is 0.248 e. The van der Waals surface area contributed by atoms with Gasteiger partial charge in [-0.2, -0.15) is 0 Å². The van der Waals surface area contributed by atoms with Gasteiger partial charge in [-0.15, -0.1) is 0 Å². The summed E-state index contributed by atoms with van der Waals surface area (Å²) < 4.78 is 18.6. The number of carbonyl (C=O) groups excluding carboxylic acids is 2. The number of methoxy groups -OCH3 is 1. The summed E-state index contributed by atoms with van der Waals surface area (Å²) in [5.74, 6) is -0.307. The van der Waals surface area contributed by atoms with E-state index >= 15 is 0 Å². The first-order valence-corrected chi connectivity index (χ1v) is 11.0. The Kier molecular flexibility index (Phi) is 5.26. The third-order valence-electron chi connectivity index (χ3n) is 7.10. The third-order valence-corrected chi connectivity index (χ3v) is 7.10. The summed E-state index contributed by atoms with van der Waals surface area (Å²) in [6.07, 6.45) is 1.78. The molecule has 1 saturated carbocycles. The Bertz CT molecular complexity index is 1030. The number of rotatable bonds is 6. The van der Waals surface area contributed by atoms with E-state index in [9.17, 15) is 19.1 Å². The fraction of sp³-hybridized carbons (Fsp3) is 0.440. The Balaban J connectivity index is 1.43. The molecule has 3 fully saturated rings. The lowest BCUT2D eigenvalue weighted by Gasteiger charge is -2.70. The Morgan fingerprint density at radius 2 is 1.84 bits per heavy atom. The second-order valence-electron chi connectivity index (χ2n) is 9.13. The number of benzene rings is 2. The molecule has 2 aromatic carbocycles. The van der Waals surface area contributed by atoms with Gasteiger partial charge in [-0.05, 0) is 41.7 Å². The second kappa shape index (κ2) is 7.98. The minimum absolute atomic E-state index is 0.0169. The number of nitrogens with zero attached hydrogens (tertiary/aromatic N) is 2. The molecule has 2 heterocycles. The van der Waals surface area contributed by atoms with Crippen molar-refractivity contribution >= 4 is 11.8 Å². The molecule has 2 amide bonds. The highest BCUT2D eigenvalue weighted by molar-refractivity contribution is 5.86. The topological polar surface area (TPSA) is 70.1 Å². The molecule has 1 aliphatic carbocycles. The first-order chi connectivity index (χ1) is 15.5. The SMILES string of the molecule is COCC(=O)N1CC2(C1)[C@H](c1ccc(-c3cccc(F)c3)cc1)[C@@H](CO)N2C(=O)C1CC1. The lowest BCUT2D eigenvalue weighted by Crippen LogP contribution is -2.86. The van der Waals surface area contributed by atoms with Crippen LogP contribution in [0.4, 0.5) is 4.39 Å². The molecule has 2 aromatic rings. The number of halogens is 1. The molecule has 0 unspecified atom stereocenters. The lowest BCUT2D eigenvalue weighted by molar-refractivity contribution is -0.205. The third kappa shape index (κ3) is 3.31. The van der Waals surface area contributed by atoms with E-state index in [1.54, 1.807) is 11.0 Å². The molecular formula is C25H27FN2O4. The van der Waals surface area contributed by atoms with Crippen molar-refractivity contribution in [2.75, 3.05) is 33.4 Å². The summed E-state index contributed by atoms with van der Waals surface area (Å²) in [5.41, 5.74) is 2.22. The zero-order chi connectivity index (χ0) is 22.5. The summed E-state index contributed by atoms with van der Waals surface area (Å²) >= 11 is 0. The van der Waals surface area contributed by atoms with Crippen LogP contribution in [0.15, 0.2) is 48.5 Å². The summed E-state index contributed by atoms with van der Waals surface area (Å²) in [5, 5.41) is 10.2. The van der Waals surface area contributed by atoms with Gasteiger partial charge in [-0.1, -0.05) is 36.4 Å². The van der Waals surface area contributed by atoms with Gasteiger partial charge in [0.15, 0.2) is 0 Å². The van der Waals surface area contributed by atoms with Crippen LogP contribution in [-0.4, -0.2) is 71.7 Å². The maximum atomic E-state index is 13.6. The number of hydrogen-bond acceptors (Lipinski definition) is 4. The molecule has 3 aliphatic rings. The zero-order valence-electron chi connectivity index (χ0n) is 18.0. The fourth-order valence-electron chi connectivity index (χ4n) is 5.44. The molecule has 2 aliphatic heterocycles. The highest BCUT2D eigenvalue weighted by Crippen LogP contribution is 2.55. The van der Waals surface area contributed by atoms with Gasteiger partial charge in [0, 0.05) is 32.0 Å². The van der Waals surface area contributed by atoms with Crippen LogP contribution in [0, 0.1) is 11.7 Å². The van der Waals surface area contributed by atoms with Crippen LogP contribution in [0.3, 0.4) is 0 Å². The minimum Gasteiger partial charge on any atom is -0.394 e. The van der Waals surface area contributed by atoms with E-state index in [0.717, 1.165) is 29.5 Å². The van der Waals surface area contributed by atoms with Gasteiger partial charge in [0.05, 0.1) is 18.2 Å². The van der Waals surface area contributed by atoms with Crippen molar-refractivity contribution in [2.24, 2.45) is 5.92 Å². The number of aliphatic hydroxyl groups excluding tert-OH is 1. The number of amides is 2. The summed E-state index contributed by atoms with van der Waals surface area (Å²) in [6.45, 7) is 0.784. The van der Waals surface area contributed by atoms with Gasteiger partial charge in [0.2, 0.25) is 11.8 Å². The number of hydrogen-bond donors (Lipinski definition) is 1. The molecule has 1 N–H and O–H groups in total. The van der Waals surface area contributed by atoms with E-state index in [1.807, 2.05) is 35.2 Å². The zero-order valence-corrected chi connectivity index (χ0v) is 18.0. The Morgan fingerprint density at radius 3 is 2.44 bits per heavy atom. The monoisotopic (exact) mass is 438 g/mol. The maximum absolute atomic E-state index is 13.6. The van der Waals surface area contributed by atoms with E-state index in [-0.39, 0.29) is 48.7 Å². The maximum Gasteiger partial charge on any atom is 0.248 e. The van der Waals surface area contributed by atoms with Gasteiger partial charge in [-0.25, -0.2) is 4.39 Å². The molecule has 2 saturated heterocycles. The molecule has 2 atom stereocenters. The number of ether oxygens (including phenoxy) is 1. The minimum atomic E-state index is -0.489. The van der Waals surface area contributed by atoms with Crippen molar-refractivity contribution < 1.29 is 23.8 Å². The highest BCUT2D eigenvalue weighted by Gasteiger charge is 2.68. The predicted molar refractivity (Wildman–Crippen MR) is 116 cm³/mol. The Morgan fingerprint density at radius 1 is 1.12 bits per heavy atom. The highest BCUT2D eigenvalue weighted by atomic mass is 19.1. The van der Waals surface area contributed by atoms with E-state index in [0.29, 0.717) is 13.1 Å². The summed E-state index contributed by atoms with van der Waals surface area (Å²) in [4.78, 5) is 29.0. The van der Waals surface area contributed by atoms with Crippen LogP contribution in [-0.2, 0) is 14.3 Å².